The summed E-state index contributed by atoms with van der Waals surface area (Å²) in [5, 5.41) is 0. The van der Waals surface area contributed by atoms with Crippen LogP contribution < -0.4 is 20.9 Å². The Bertz CT molecular complexity index is 681. The molecule has 0 aliphatic carbocycles. The highest BCUT2D eigenvalue weighted by atomic mass is 16.5. The smallest absolute Gasteiger partial charge is 0.140 e. The molecule has 4 N–H and O–H groups in total. The van der Waals surface area contributed by atoms with Crippen molar-refractivity contribution in [2.45, 2.75) is 0 Å². The summed E-state index contributed by atoms with van der Waals surface area (Å²) in [4.78, 5) is 7.97. The van der Waals surface area contributed by atoms with Crippen molar-refractivity contribution in [1.29, 1.82) is 0 Å². The molecule has 0 atom stereocenters. The van der Waals surface area contributed by atoms with E-state index in [-0.39, 0.29) is 12.5 Å². The maximum absolute atomic E-state index is 5.96. The molecule has 0 saturated carbocycles. The van der Waals surface area contributed by atoms with Gasteiger partial charge >= 0.3 is 0 Å². The number of benzene rings is 2. The molecule has 0 heterocycles. The molecule has 0 aliphatic rings. The van der Waals surface area contributed by atoms with E-state index in [1.54, 1.807) is 31.4 Å². The van der Waals surface area contributed by atoms with E-state index in [4.69, 9.17) is 20.9 Å². The second-order valence-electron chi connectivity index (χ2n) is 4.31. The van der Waals surface area contributed by atoms with Crippen molar-refractivity contribution in [2.24, 2.45) is 21.5 Å². The van der Waals surface area contributed by atoms with Crippen LogP contribution >= 0.6 is 0 Å². The molecule has 0 saturated heterocycles. The highest BCUT2D eigenvalue weighted by Gasteiger charge is 2.13. The zero-order valence-electron chi connectivity index (χ0n) is 12.3. The molecule has 0 fully saturated rings. The first-order chi connectivity index (χ1) is 10.7. The van der Waals surface area contributed by atoms with Crippen LogP contribution in [-0.2, 0) is 0 Å². The van der Waals surface area contributed by atoms with Crippen LogP contribution in [0, 0.1) is 0 Å². The van der Waals surface area contributed by atoms with Crippen LogP contribution in [0.15, 0.2) is 52.4 Å². The van der Waals surface area contributed by atoms with E-state index in [0.29, 0.717) is 22.7 Å². The van der Waals surface area contributed by atoms with Crippen LogP contribution in [0.3, 0.4) is 0 Å². The van der Waals surface area contributed by atoms with Crippen LogP contribution in [-0.4, -0.2) is 26.3 Å². The van der Waals surface area contributed by atoms with Crippen molar-refractivity contribution < 1.29 is 9.47 Å². The molecule has 2 aromatic rings. The highest BCUT2D eigenvalue weighted by Crippen LogP contribution is 2.32. The Labute approximate surface area is 129 Å². The minimum absolute atomic E-state index is 0.0826. The van der Waals surface area contributed by atoms with E-state index >= 15 is 0 Å². The largest absolute Gasteiger partial charge is 0.497 e. The maximum atomic E-state index is 5.96. The van der Waals surface area contributed by atoms with Crippen LogP contribution in [0.2, 0.25) is 0 Å². The Balaban J connectivity index is 2.41. The Morgan fingerprint density at radius 2 is 1.82 bits per heavy atom. The number of methoxy groups -OCH3 is 1. The quantitative estimate of drug-likeness (QED) is 0.632. The Kier molecular flexibility index (Phi) is 5.11. The molecular weight excluding hydrogens is 280 g/mol. The number of amidine groups is 1. The molecule has 2 rings (SSSR count). The first-order valence-corrected chi connectivity index (χ1v) is 6.61. The van der Waals surface area contributed by atoms with Gasteiger partial charge in [-0.05, 0) is 43.1 Å². The fraction of sp³-hybridized carbons (Fsp3) is 0.125. The number of nitrogens with two attached hydrogens (primary N) is 2. The summed E-state index contributed by atoms with van der Waals surface area (Å²) in [7, 11) is 1.61. The number of hydrogen-bond donors (Lipinski definition) is 2. The van der Waals surface area contributed by atoms with Gasteiger partial charge in [-0.25, -0.2) is 0 Å². The van der Waals surface area contributed by atoms with E-state index in [1.165, 1.54) is 0 Å². The first-order valence-electron chi connectivity index (χ1n) is 6.61. The third-order valence-electron chi connectivity index (χ3n) is 2.98. The van der Waals surface area contributed by atoms with Gasteiger partial charge < -0.3 is 20.9 Å². The summed E-state index contributed by atoms with van der Waals surface area (Å²) in [6.45, 7) is 3.62. The predicted molar refractivity (Wildman–Crippen MR) is 88.5 cm³/mol. The van der Waals surface area contributed by atoms with Gasteiger partial charge in [-0.1, -0.05) is 6.07 Å². The fourth-order valence-electron chi connectivity index (χ4n) is 1.94. The molecule has 114 valence electrons. The molecule has 0 radical (unpaired) electrons. The Morgan fingerprint density at radius 1 is 1.14 bits per heavy atom. The van der Waals surface area contributed by atoms with E-state index in [0.717, 1.165) is 5.75 Å². The molecular formula is C16H18N4O2. The second-order valence-corrected chi connectivity index (χ2v) is 4.31. The monoisotopic (exact) mass is 298 g/mol. The summed E-state index contributed by atoms with van der Waals surface area (Å²) in [5.74, 6) is 2.18. The third kappa shape index (κ3) is 3.42. The second kappa shape index (κ2) is 7.24. The molecule has 6 nitrogen and oxygen atoms in total. The van der Waals surface area contributed by atoms with Crippen molar-refractivity contribution in [2.75, 3.05) is 13.8 Å². The lowest BCUT2D eigenvalue weighted by atomic mass is 10.1. The van der Waals surface area contributed by atoms with Gasteiger partial charge in [-0.15, -0.1) is 0 Å². The number of hydrogen-bond acceptors (Lipinski definition) is 5. The summed E-state index contributed by atoms with van der Waals surface area (Å²) in [6, 6.07) is 12.6. The maximum Gasteiger partial charge on any atom is 0.140 e. The SMILES string of the molecule is C=Nc1cccc(Oc2ccc(OC)cc2)c1/C(N)=N\CN. The zero-order valence-corrected chi connectivity index (χ0v) is 12.3. The minimum atomic E-state index is 0.0826. The highest BCUT2D eigenvalue weighted by molar-refractivity contribution is 6.04. The molecule has 0 aromatic heterocycles. The lowest BCUT2D eigenvalue weighted by Crippen LogP contribution is -2.17. The van der Waals surface area contributed by atoms with Crippen molar-refractivity contribution in [1.82, 2.24) is 0 Å². The van der Waals surface area contributed by atoms with Crippen LogP contribution in [0.4, 0.5) is 5.69 Å². The zero-order chi connectivity index (χ0) is 15.9. The Morgan fingerprint density at radius 3 is 2.41 bits per heavy atom. The minimum Gasteiger partial charge on any atom is -0.497 e. The molecule has 0 spiro atoms. The number of nitrogens with zero attached hydrogens (tertiary/aromatic N) is 2. The average Bonchev–Trinajstić information content (AvgIpc) is 2.55. The molecule has 6 heteroatoms. The van der Waals surface area contributed by atoms with Gasteiger partial charge in [0.25, 0.3) is 0 Å². The topological polar surface area (TPSA) is 95.2 Å². The lowest BCUT2D eigenvalue weighted by molar-refractivity contribution is 0.413. The van der Waals surface area contributed by atoms with Crippen molar-refractivity contribution in [3.8, 4) is 17.2 Å². The molecule has 0 unspecified atom stereocenters. The standard InChI is InChI=1S/C16H18N4O2/c1-19-13-4-3-5-14(15(13)16(18)20-10-17)22-12-8-6-11(21-2)7-9-12/h3-9H,1,10,17H2,2H3,(H2,18,20). The summed E-state index contributed by atoms with van der Waals surface area (Å²) in [5.41, 5.74) is 12.5. The lowest BCUT2D eigenvalue weighted by Gasteiger charge is -2.13. The van der Waals surface area contributed by atoms with Gasteiger partial charge in [0, 0.05) is 0 Å². The Hall–Kier alpha value is -2.86. The summed E-state index contributed by atoms with van der Waals surface area (Å²) < 4.78 is 11.0. The normalized spacial score (nSPS) is 11.1. The molecule has 22 heavy (non-hydrogen) atoms. The molecule has 0 bridgehead atoms. The van der Waals surface area contributed by atoms with E-state index in [1.807, 2.05) is 18.2 Å². The van der Waals surface area contributed by atoms with Gasteiger partial charge in [0.05, 0.1) is 25.0 Å². The molecule has 2 aromatic carbocycles. The summed E-state index contributed by atoms with van der Waals surface area (Å²) in [6.07, 6.45) is 0. The predicted octanol–water partition coefficient (Wildman–Crippen LogP) is 2.44. The van der Waals surface area contributed by atoms with Crippen LogP contribution in [0.1, 0.15) is 5.56 Å². The van der Waals surface area contributed by atoms with Crippen molar-refractivity contribution in [3.63, 3.8) is 0 Å². The van der Waals surface area contributed by atoms with Crippen molar-refractivity contribution in [3.05, 3.63) is 48.0 Å². The van der Waals surface area contributed by atoms with Gasteiger partial charge in [-0.3, -0.25) is 9.98 Å². The van der Waals surface area contributed by atoms with Crippen molar-refractivity contribution >= 4 is 18.2 Å². The van der Waals surface area contributed by atoms with Crippen LogP contribution in [0.25, 0.3) is 0 Å². The molecule has 0 aliphatic heterocycles. The number of rotatable bonds is 6. The van der Waals surface area contributed by atoms with Gasteiger partial charge in [0.15, 0.2) is 0 Å². The van der Waals surface area contributed by atoms with E-state index in [2.05, 4.69) is 16.7 Å². The number of aliphatic imine (C=N–C) groups is 2. The first kappa shape index (κ1) is 15.5. The molecule has 0 amide bonds. The third-order valence-corrected chi connectivity index (χ3v) is 2.98. The summed E-state index contributed by atoms with van der Waals surface area (Å²) >= 11 is 0. The van der Waals surface area contributed by atoms with E-state index in [9.17, 15) is 0 Å². The van der Waals surface area contributed by atoms with E-state index < -0.39 is 0 Å². The number of ether oxygens (including phenoxy) is 2. The van der Waals surface area contributed by atoms with Gasteiger partial charge in [-0.2, -0.15) is 0 Å². The van der Waals surface area contributed by atoms with Gasteiger partial charge in [0.1, 0.15) is 23.1 Å². The van der Waals surface area contributed by atoms with Gasteiger partial charge in [0.2, 0.25) is 0 Å². The fourth-order valence-corrected chi connectivity index (χ4v) is 1.94. The average molecular weight is 298 g/mol. The van der Waals surface area contributed by atoms with Crippen LogP contribution in [0.5, 0.6) is 17.2 Å².